The molecule has 0 saturated heterocycles. The van der Waals surface area contributed by atoms with Crippen LogP contribution in [0.1, 0.15) is 0 Å². The topological polar surface area (TPSA) is 43.6 Å². The summed E-state index contributed by atoms with van der Waals surface area (Å²) in [5.41, 5.74) is 8.41. The molecule has 4 nitrogen and oxygen atoms in total. The van der Waals surface area contributed by atoms with Crippen LogP contribution in [0.2, 0.25) is 0 Å². The first-order valence-corrected chi connectivity index (χ1v) is 16.7. The Balaban J connectivity index is 1.37. The Morgan fingerprint density at radius 1 is 0.353 bits per heavy atom. The van der Waals surface area contributed by atoms with Gasteiger partial charge in [0.2, 0.25) is 0 Å². The minimum absolute atomic E-state index is 0.412. The van der Waals surface area contributed by atoms with E-state index in [4.69, 9.17) is 15.0 Å². The summed E-state index contributed by atoms with van der Waals surface area (Å²) in [6, 6.07) is 54.1. The lowest BCUT2D eigenvalue weighted by Gasteiger charge is -2.16. The zero-order valence-corrected chi connectivity index (χ0v) is 27.2. The number of hydrogen-bond acceptors (Lipinski definition) is 3. The lowest BCUT2D eigenvalue weighted by molar-refractivity contribution is 0.584. The summed E-state index contributed by atoms with van der Waals surface area (Å²) < 4.78 is 31.4. The number of aromatic nitrogens is 4. The molecule has 0 bridgehead atoms. The van der Waals surface area contributed by atoms with Crippen molar-refractivity contribution in [2.75, 3.05) is 0 Å². The second-order valence-electron chi connectivity index (χ2n) is 12.4. The smallest absolute Gasteiger partial charge is 0.166 e. The molecule has 0 saturated carbocycles. The van der Waals surface area contributed by atoms with E-state index in [2.05, 4.69) is 47.0 Å². The second kappa shape index (κ2) is 12.6. The number of fused-ring (bicyclic) bond motifs is 3. The fourth-order valence-electron chi connectivity index (χ4n) is 6.78. The van der Waals surface area contributed by atoms with Gasteiger partial charge in [0.05, 0.1) is 16.7 Å². The molecule has 0 aliphatic heterocycles. The highest BCUT2D eigenvalue weighted by atomic mass is 19.1. The Hall–Kier alpha value is -6.79. The summed E-state index contributed by atoms with van der Waals surface area (Å²) in [6.45, 7) is 0. The van der Waals surface area contributed by atoms with Gasteiger partial charge in [-0.1, -0.05) is 127 Å². The first-order chi connectivity index (χ1) is 25.1. The number of nitrogens with zero attached hydrogens (tertiary/aromatic N) is 4. The van der Waals surface area contributed by atoms with Crippen molar-refractivity contribution < 1.29 is 8.78 Å². The molecule has 6 heteroatoms. The first kappa shape index (κ1) is 30.3. The van der Waals surface area contributed by atoms with Crippen molar-refractivity contribution in [1.82, 2.24) is 19.5 Å². The van der Waals surface area contributed by atoms with Crippen LogP contribution in [-0.2, 0) is 0 Å². The summed E-state index contributed by atoms with van der Waals surface area (Å²) >= 11 is 0. The van der Waals surface area contributed by atoms with Gasteiger partial charge in [0.1, 0.15) is 11.6 Å². The first-order valence-electron chi connectivity index (χ1n) is 16.7. The van der Waals surface area contributed by atoms with E-state index in [9.17, 15) is 8.78 Å². The summed E-state index contributed by atoms with van der Waals surface area (Å²) in [5.74, 6) is 0.165. The minimum Gasteiger partial charge on any atom is -0.308 e. The molecule has 0 aliphatic rings. The average molecular weight is 663 g/mol. The fourth-order valence-corrected chi connectivity index (χ4v) is 6.78. The van der Waals surface area contributed by atoms with Crippen LogP contribution in [0.5, 0.6) is 0 Å². The standard InChI is InChI=1S/C45H28F2N4/c46-35-24-34(25-36(47)28-35)32-21-23-41(51-40-19-11-10-18-37(40)38-22-20-33(27-42(38)51)29-12-4-1-5-13-29)39(26-32)45-49-43(30-14-6-2-7-15-30)48-44(50-45)31-16-8-3-9-17-31/h1-28H. The van der Waals surface area contributed by atoms with Crippen molar-refractivity contribution in [1.29, 1.82) is 0 Å². The van der Waals surface area contributed by atoms with Gasteiger partial charge in [0.15, 0.2) is 17.5 Å². The number of rotatable bonds is 6. The molecule has 7 aromatic carbocycles. The van der Waals surface area contributed by atoms with Gasteiger partial charge in [-0.3, -0.25) is 0 Å². The second-order valence-corrected chi connectivity index (χ2v) is 12.4. The van der Waals surface area contributed by atoms with E-state index in [1.165, 1.54) is 12.1 Å². The normalized spacial score (nSPS) is 11.3. The van der Waals surface area contributed by atoms with Crippen molar-refractivity contribution >= 4 is 21.8 Å². The molecule has 9 aromatic rings. The maximum Gasteiger partial charge on any atom is 0.166 e. The maximum absolute atomic E-state index is 14.6. The molecular formula is C45H28F2N4. The van der Waals surface area contributed by atoms with Gasteiger partial charge < -0.3 is 4.57 Å². The van der Waals surface area contributed by atoms with Crippen molar-refractivity contribution in [3.63, 3.8) is 0 Å². The number of hydrogen-bond donors (Lipinski definition) is 0. The van der Waals surface area contributed by atoms with E-state index in [-0.39, 0.29) is 0 Å². The van der Waals surface area contributed by atoms with E-state index in [1.807, 2.05) is 109 Å². The van der Waals surface area contributed by atoms with E-state index >= 15 is 0 Å². The van der Waals surface area contributed by atoms with Crippen molar-refractivity contribution in [2.24, 2.45) is 0 Å². The molecule has 2 aromatic heterocycles. The van der Waals surface area contributed by atoms with Gasteiger partial charge in [-0.25, -0.2) is 23.7 Å². The van der Waals surface area contributed by atoms with E-state index in [0.717, 1.165) is 55.8 Å². The molecule has 9 rings (SSSR count). The summed E-state index contributed by atoms with van der Waals surface area (Å²) in [4.78, 5) is 15.1. The third-order valence-electron chi connectivity index (χ3n) is 9.15. The Kier molecular flexibility index (Phi) is 7.47. The lowest BCUT2D eigenvalue weighted by atomic mass is 10.00. The molecule has 51 heavy (non-hydrogen) atoms. The van der Waals surface area contributed by atoms with Gasteiger partial charge in [0, 0.05) is 33.5 Å². The van der Waals surface area contributed by atoms with Crippen LogP contribution in [0.4, 0.5) is 8.78 Å². The monoisotopic (exact) mass is 662 g/mol. The predicted octanol–water partition coefficient (Wildman–Crippen LogP) is 11.6. The average Bonchev–Trinajstić information content (AvgIpc) is 3.51. The van der Waals surface area contributed by atoms with Crippen LogP contribution < -0.4 is 0 Å². The molecule has 0 radical (unpaired) electrons. The van der Waals surface area contributed by atoms with Crippen molar-refractivity contribution in [3.05, 3.63) is 181 Å². The van der Waals surface area contributed by atoms with Crippen LogP contribution in [-0.4, -0.2) is 19.5 Å². The summed E-state index contributed by atoms with van der Waals surface area (Å²) in [5, 5.41) is 2.19. The highest BCUT2D eigenvalue weighted by molar-refractivity contribution is 6.10. The van der Waals surface area contributed by atoms with Gasteiger partial charge >= 0.3 is 0 Å². The summed E-state index contributed by atoms with van der Waals surface area (Å²) in [7, 11) is 0. The van der Waals surface area contributed by atoms with Crippen LogP contribution in [0, 0.1) is 11.6 Å². The molecule has 0 atom stereocenters. The van der Waals surface area contributed by atoms with Gasteiger partial charge in [-0.2, -0.15) is 0 Å². The maximum atomic E-state index is 14.6. The van der Waals surface area contributed by atoms with Crippen LogP contribution in [0.25, 0.3) is 83.9 Å². The third-order valence-corrected chi connectivity index (χ3v) is 9.15. The van der Waals surface area contributed by atoms with Crippen LogP contribution in [0.3, 0.4) is 0 Å². The number of para-hydroxylation sites is 1. The Bertz CT molecular complexity index is 2630. The van der Waals surface area contributed by atoms with Gasteiger partial charge in [-0.15, -0.1) is 0 Å². The zero-order valence-electron chi connectivity index (χ0n) is 27.2. The Morgan fingerprint density at radius 3 is 1.51 bits per heavy atom. The van der Waals surface area contributed by atoms with Crippen LogP contribution in [0.15, 0.2) is 170 Å². The molecule has 0 N–H and O–H groups in total. The van der Waals surface area contributed by atoms with Crippen molar-refractivity contribution in [2.45, 2.75) is 0 Å². The largest absolute Gasteiger partial charge is 0.308 e. The highest BCUT2D eigenvalue weighted by Gasteiger charge is 2.21. The SMILES string of the molecule is Fc1cc(F)cc(-c2ccc(-n3c4ccccc4c4ccc(-c5ccccc5)cc43)c(-c3nc(-c4ccccc4)nc(-c4ccccc4)n3)c2)c1. The minimum atomic E-state index is -0.649. The molecular weight excluding hydrogens is 635 g/mol. The molecule has 0 amide bonds. The zero-order chi connectivity index (χ0) is 34.3. The highest BCUT2D eigenvalue weighted by Crippen LogP contribution is 2.39. The lowest BCUT2D eigenvalue weighted by Crippen LogP contribution is -2.04. The Labute approximate surface area is 293 Å². The van der Waals surface area contributed by atoms with Crippen molar-refractivity contribution in [3.8, 4) is 62.1 Å². The Morgan fingerprint density at radius 2 is 0.863 bits per heavy atom. The third kappa shape index (κ3) is 5.63. The number of benzene rings is 7. The van der Waals surface area contributed by atoms with E-state index < -0.39 is 11.6 Å². The molecule has 0 unspecified atom stereocenters. The molecule has 0 spiro atoms. The van der Waals surface area contributed by atoms with Crippen LogP contribution >= 0.6 is 0 Å². The molecule has 242 valence electrons. The summed E-state index contributed by atoms with van der Waals surface area (Å²) in [6.07, 6.45) is 0. The molecule has 0 fully saturated rings. The van der Waals surface area contributed by atoms with Gasteiger partial charge in [0.25, 0.3) is 0 Å². The fraction of sp³-hybridized carbons (Fsp3) is 0. The molecule has 2 heterocycles. The predicted molar refractivity (Wildman–Crippen MR) is 201 cm³/mol. The van der Waals surface area contributed by atoms with Gasteiger partial charge in [-0.05, 0) is 58.7 Å². The van der Waals surface area contributed by atoms with E-state index in [1.54, 1.807) is 0 Å². The number of halogens is 2. The quantitative estimate of drug-likeness (QED) is 0.178. The molecule has 0 aliphatic carbocycles. The van der Waals surface area contributed by atoms with E-state index in [0.29, 0.717) is 34.2 Å².